The van der Waals surface area contributed by atoms with Gasteiger partial charge in [0.05, 0.1) is 6.10 Å². The molecule has 0 spiro atoms. The summed E-state index contributed by atoms with van der Waals surface area (Å²) in [6.07, 6.45) is 13.5. The lowest BCUT2D eigenvalue weighted by molar-refractivity contribution is -0.127. The van der Waals surface area contributed by atoms with Crippen molar-refractivity contribution in [2.24, 2.45) is 17.8 Å². The summed E-state index contributed by atoms with van der Waals surface area (Å²) in [5.74, 6) is 0.970. The highest BCUT2D eigenvalue weighted by molar-refractivity contribution is 5.85. The lowest BCUT2D eigenvalue weighted by Crippen LogP contribution is -2.45. The second-order valence-corrected chi connectivity index (χ2v) is 9.31. The summed E-state index contributed by atoms with van der Waals surface area (Å²) < 4.78 is 0. The van der Waals surface area contributed by atoms with Crippen LogP contribution in [0.3, 0.4) is 0 Å². The van der Waals surface area contributed by atoms with Crippen molar-refractivity contribution in [2.75, 3.05) is 13.1 Å². The lowest BCUT2D eigenvalue weighted by atomic mass is 9.81. The molecule has 0 heterocycles. The van der Waals surface area contributed by atoms with Crippen LogP contribution in [0.25, 0.3) is 0 Å². The Hall–Kier alpha value is -0.320. The maximum atomic E-state index is 12.7. The fourth-order valence-corrected chi connectivity index (χ4v) is 4.45. The van der Waals surface area contributed by atoms with Gasteiger partial charge in [0.1, 0.15) is 0 Å². The van der Waals surface area contributed by atoms with Crippen molar-refractivity contribution in [3.63, 3.8) is 0 Å². The normalized spacial score (nSPS) is 18.1. The van der Waals surface area contributed by atoms with Crippen LogP contribution in [0.15, 0.2) is 0 Å². The van der Waals surface area contributed by atoms with Gasteiger partial charge in [0, 0.05) is 18.5 Å². The molecule has 0 radical (unpaired) electrons. The summed E-state index contributed by atoms with van der Waals surface area (Å²) in [5, 5.41) is 17.8. The summed E-state index contributed by atoms with van der Waals surface area (Å²) in [7, 11) is 0. The van der Waals surface area contributed by atoms with E-state index in [4.69, 9.17) is 0 Å². The first-order valence-corrected chi connectivity index (χ1v) is 12.2. The highest BCUT2D eigenvalue weighted by Crippen LogP contribution is 2.29. The number of nitrogens with one attached hydrogen (secondary N) is 2. The van der Waals surface area contributed by atoms with Gasteiger partial charge in [0.2, 0.25) is 5.91 Å². The number of halogens is 1. The molecule has 3 unspecified atom stereocenters. The number of aliphatic hydroxyl groups is 1. The van der Waals surface area contributed by atoms with E-state index in [1.807, 2.05) is 0 Å². The van der Waals surface area contributed by atoms with Crippen molar-refractivity contribution in [2.45, 2.75) is 117 Å². The Labute approximate surface area is 186 Å². The Bertz CT molecular complexity index is 400. The number of unbranched alkanes of at least 4 members (excludes halogenated alkanes) is 3. The standard InChI is InChI=1S/C24H48N2O2.ClH/c1-5-7-12-16-25-22(17-20-13-10-9-11-14-20)23(27)18-21(19(3)4)24(28)26-15-8-6-2;/h19-23,25,27H,5-18H2,1-4H3,(H,26,28);1H. The van der Waals surface area contributed by atoms with E-state index in [2.05, 4.69) is 38.3 Å². The number of aliphatic hydroxyl groups excluding tert-OH is 1. The van der Waals surface area contributed by atoms with E-state index in [9.17, 15) is 9.90 Å². The van der Waals surface area contributed by atoms with Gasteiger partial charge < -0.3 is 15.7 Å². The average molecular weight is 433 g/mol. The van der Waals surface area contributed by atoms with Crippen LogP contribution >= 0.6 is 12.4 Å². The number of amides is 1. The Kier molecular flexibility index (Phi) is 17.2. The van der Waals surface area contributed by atoms with E-state index < -0.39 is 6.10 Å². The summed E-state index contributed by atoms with van der Waals surface area (Å²) in [5.41, 5.74) is 0. The maximum absolute atomic E-state index is 12.7. The van der Waals surface area contributed by atoms with Crippen LogP contribution in [0, 0.1) is 17.8 Å². The molecule has 0 saturated heterocycles. The SMILES string of the molecule is CCCCCNC(CC1CCCCC1)C(O)CC(C(=O)NCCCC)C(C)C.Cl. The number of carbonyl (C=O) groups is 1. The first kappa shape index (κ1) is 28.7. The molecule has 1 fully saturated rings. The van der Waals surface area contributed by atoms with Gasteiger partial charge >= 0.3 is 0 Å². The molecule has 0 aromatic heterocycles. The second kappa shape index (κ2) is 17.4. The summed E-state index contributed by atoms with van der Waals surface area (Å²) >= 11 is 0. The third-order valence-corrected chi connectivity index (χ3v) is 6.43. The van der Waals surface area contributed by atoms with Crippen molar-refractivity contribution < 1.29 is 9.90 Å². The molecule has 1 aliphatic carbocycles. The lowest BCUT2D eigenvalue weighted by Gasteiger charge is -2.32. The van der Waals surface area contributed by atoms with Crippen molar-refractivity contribution in [1.29, 1.82) is 0 Å². The van der Waals surface area contributed by atoms with E-state index >= 15 is 0 Å². The Morgan fingerprint density at radius 1 is 1.00 bits per heavy atom. The second-order valence-electron chi connectivity index (χ2n) is 9.31. The van der Waals surface area contributed by atoms with Gasteiger partial charge in [-0.2, -0.15) is 0 Å². The first-order chi connectivity index (χ1) is 13.5. The number of rotatable bonds is 15. The minimum atomic E-state index is -0.451. The molecule has 174 valence electrons. The molecular weight excluding hydrogens is 384 g/mol. The first-order valence-electron chi connectivity index (χ1n) is 12.2. The smallest absolute Gasteiger partial charge is 0.223 e. The highest BCUT2D eigenvalue weighted by atomic mass is 35.5. The third-order valence-electron chi connectivity index (χ3n) is 6.43. The molecule has 0 aromatic carbocycles. The molecule has 0 aromatic rings. The van der Waals surface area contributed by atoms with Crippen molar-refractivity contribution >= 4 is 18.3 Å². The minimum Gasteiger partial charge on any atom is -0.391 e. The summed E-state index contributed by atoms with van der Waals surface area (Å²) in [6.45, 7) is 10.3. The Balaban J connectivity index is 0.00000784. The van der Waals surface area contributed by atoms with Crippen molar-refractivity contribution in [1.82, 2.24) is 10.6 Å². The molecule has 0 bridgehead atoms. The predicted octanol–water partition coefficient (Wildman–Crippen LogP) is 5.47. The van der Waals surface area contributed by atoms with Crippen molar-refractivity contribution in [3.05, 3.63) is 0 Å². The van der Waals surface area contributed by atoms with E-state index in [0.29, 0.717) is 6.42 Å². The van der Waals surface area contributed by atoms with Gasteiger partial charge in [0.25, 0.3) is 0 Å². The van der Waals surface area contributed by atoms with Crippen LogP contribution in [0.4, 0.5) is 0 Å². The molecule has 29 heavy (non-hydrogen) atoms. The number of hydrogen-bond donors (Lipinski definition) is 3. The van der Waals surface area contributed by atoms with E-state index in [0.717, 1.165) is 44.7 Å². The fraction of sp³-hybridized carbons (Fsp3) is 0.958. The minimum absolute atomic E-state index is 0. The topological polar surface area (TPSA) is 61.4 Å². The quantitative estimate of drug-likeness (QED) is 0.301. The van der Waals surface area contributed by atoms with Crippen LogP contribution in [0.1, 0.15) is 105 Å². The zero-order valence-electron chi connectivity index (χ0n) is 19.5. The number of carbonyl (C=O) groups excluding carboxylic acids is 1. The van der Waals surface area contributed by atoms with E-state index in [-0.39, 0.29) is 36.2 Å². The van der Waals surface area contributed by atoms with Crippen LogP contribution in [0.5, 0.6) is 0 Å². The molecule has 5 heteroatoms. The van der Waals surface area contributed by atoms with Crippen molar-refractivity contribution in [3.8, 4) is 0 Å². The van der Waals surface area contributed by atoms with E-state index in [1.54, 1.807) is 0 Å². The van der Waals surface area contributed by atoms with E-state index in [1.165, 1.54) is 44.9 Å². The molecule has 1 aliphatic rings. The van der Waals surface area contributed by atoms with Crippen LogP contribution in [-0.2, 0) is 4.79 Å². The molecule has 1 saturated carbocycles. The Morgan fingerprint density at radius 3 is 2.24 bits per heavy atom. The largest absolute Gasteiger partial charge is 0.391 e. The van der Waals surface area contributed by atoms with Gasteiger partial charge in [-0.05, 0) is 44.1 Å². The maximum Gasteiger partial charge on any atom is 0.223 e. The molecule has 1 rings (SSSR count). The predicted molar refractivity (Wildman–Crippen MR) is 127 cm³/mol. The van der Waals surface area contributed by atoms with Crippen LogP contribution in [-0.4, -0.2) is 36.2 Å². The van der Waals surface area contributed by atoms with Gasteiger partial charge in [-0.25, -0.2) is 0 Å². The fourth-order valence-electron chi connectivity index (χ4n) is 4.45. The van der Waals surface area contributed by atoms with Crippen LogP contribution < -0.4 is 10.6 Å². The summed E-state index contributed by atoms with van der Waals surface area (Å²) in [4.78, 5) is 12.7. The zero-order valence-corrected chi connectivity index (χ0v) is 20.4. The van der Waals surface area contributed by atoms with Gasteiger partial charge in [-0.3, -0.25) is 4.79 Å². The zero-order chi connectivity index (χ0) is 20.8. The number of hydrogen-bond acceptors (Lipinski definition) is 3. The summed E-state index contributed by atoms with van der Waals surface area (Å²) in [6, 6.07) is 0.115. The van der Waals surface area contributed by atoms with Gasteiger partial charge in [-0.1, -0.05) is 79.1 Å². The molecule has 3 N–H and O–H groups in total. The van der Waals surface area contributed by atoms with Gasteiger partial charge in [-0.15, -0.1) is 12.4 Å². The molecular formula is C24H49ClN2O2. The molecule has 1 amide bonds. The Morgan fingerprint density at radius 2 is 1.66 bits per heavy atom. The third kappa shape index (κ3) is 12.2. The molecule has 0 aliphatic heterocycles. The van der Waals surface area contributed by atoms with Crippen LogP contribution in [0.2, 0.25) is 0 Å². The molecule has 3 atom stereocenters. The monoisotopic (exact) mass is 432 g/mol. The molecule has 4 nitrogen and oxygen atoms in total. The van der Waals surface area contributed by atoms with Gasteiger partial charge in [0.15, 0.2) is 0 Å². The highest BCUT2D eigenvalue weighted by Gasteiger charge is 2.30. The average Bonchev–Trinajstić information content (AvgIpc) is 2.68.